The van der Waals surface area contributed by atoms with Gasteiger partial charge in [-0.3, -0.25) is 19.0 Å². The summed E-state index contributed by atoms with van der Waals surface area (Å²) < 4.78 is 8.50. The molecule has 5 heterocycles. The molecule has 4 aromatic rings. The average molecular weight is 491 g/mol. The molecule has 0 bridgehead atoms. The van der Waals surface area contributed by atoms with E-state index in [1.54, 1.807) is 37.4 Å². The molecule has 2 aliphatic heterocycles. The maximum atomic E-state index is 13.3. The number of aromatic nitrogens is 4. The molecule has 6 rings (SSSR count). The van der Waals surface area contributed by atoms with Gasteiger partial charge in [0.2, 0.25) is 5.91 Å². The summed E-state index contributed by atoms with van der Waals surface area (Å²) in [5.74, 6) is 0.718. The molecule has 1 atom stereocenters. The van der Waals surface area contributed by atoms with Crippen molar-refractivity contribution in [1.82, 2.24) is 29.1 Å². The molecule has 1 fully saturated rings. The second-order valence-corrected chi connectivity index (χ2v) is 9.51. The number of benzene rings is 1. The van der Waals surface area contributed by atoms with Crippen LogP contribution in [-0.2, 0) is 4.79 Å². The van der Waals surface area contributed by atoms with E-state index in [1.165, 1.54) is 18.0 Å². The van der Waals surface area contributed by atoms with Crippen molar-refractivity contribution in [2.75, 3.05) is 31.9 Å². The largest absolute Gasteiger partial charge is 0.459 e. The van der Waals surface area contributed by atoms with Crippen molar-refractivity contribution in [3.05, 3.63) is 71.0 Å². The number of rotatable bonds is 4. The van der Waals surface area contributed by atoms with Crippen molar-refractivity contribution < 1.29 is 14.0 Å². The molecule has 11 heteroatoms. The molecule has 0 radical (unpaired) electrons. The second kappa shape index (κ2) is 8.73. The van der Waals surface area contributed by atoms with Crippen LogP contribution in [0.25, 0.3) is 16.7 Å². The number of thioether (sulfide) groups is 1. The van der Waals surface area contributed by atoms with Crippen LogP contribution in [0.1, 0.15) is 23.0 Å². The average Bonchev–Trinajstić information content (AvgIpc) is 3.65. The standard InChI is InChI=1S/C24H22N6O4S/c31-20(27-8-10-28(11-9-27)23(33)19-7-4-12-34-19)13-17-15-35-24-26-21-18(22(32)29(17)24)14-25-30(21)16-5-2-1-3-6-16/h1-7,12,14,17H,8-11,13,15H2. The zero-order valence-corrected chi connectivity index (χ0v) is 19.6. The first-order valence-corrected chi connectivity index (χ1v) is 12.4. The van der Waals surface area contributed by atoms with Gasteiger partial charge in [-0.25, -0.2) is 9.67 Å². The first kappa shape index (κ1) is 21.7. The Kier molecular flexibility index (Phi) is 5.40. The number of furan rings is 1. The van der Waals surface area contributed by atoms with Crippen molar-refractivity contribution in [2.24, 2.45) is 0 Å². The Labute approximate surface area is 204 Å². The number of carbonyl (C=O) groups is 2. The Hall–Kier alpha value is -3.86. The predicted molar refractivity (Wildman–Crippen MR) is 129 cm³/mol. The topological polar surface area (TPSA) is 106 Å². The van der Waals surface area contributed by atoms with Gasteiger partial charge >= 0.3 is 0 Å². The van der Waals surface area contributed by atoms with Crippen LogP contribution in [0, 0.1) is 0 Å². The zero-order chi connectivity index (χ0) is 23.9. The molecule has 1 saturated heterocycles. The van der Waals surface area contributed by atoms with Crippen molar-refractivity contribution >= 4 is 34.6 Å². The molecule has 0 saturated carbocycles. The fraction of sp³-hybridized carbons (Fsp3) is 0.292. The van der Waals surface area contributed by atoms with E-state index < -0.39 is 0 Å². The van der Waals surface area contributed by atoms with Gasteiger partial charge in [0.05, 0.1) is 24.2 Å². The third kappa shape index (κ3) is 3.81. The van der Waals surface area contributed by atoms with Gasteiger partial charge < -0.3 is 14.2 Å². The Morgan fingerprint density at radius 3 is 2.54 bits per heavy atom. The van der Waals surface area contributed by atoms with E-state index in [4.69, 9.17) is 9.40 Å². The molecule has 0 spiro atoms. The highest BCUT2D eigenvalue weighted by Crippen LogP contribution is 2.34. The SMILES string of the molecule is O=C(CC1CSc2nc3c(cnn3-c3ccccc3)c(=O)n21)N1CCN(C(=O)c2ccco2)CC1. The molecule has 2 aliphatic rings. The Bertz CT molecular complexity index is 1450. The van der Waals surface area contributed by atoms with Gasteiger partial charge in [-0.05, 0) is 24.3 Å². The summed E-state index contributed by atoms with van der Waals surface area (Å²) in [4.78, 5) is 47.1. The first-order valence-electron chi connectivity index (χ1n) is 11.4. The van der Waals surface area contributed by atoms with E-state index in [1.807, 2.05) is 30.3 Å². The molecule has 35 heavy (non-hydrogen) atoms. The normalized spacial score (nSPS) is 17.7. The lowest BCUT2D eigenvalue weighted by Gasteiger charge is -2.34. The number of amides is 2. The molecular weight excluding hydrogens is 468 g/mol. The number of hydrogen-bond acceptors (Lipinski definition) is 7. The van der Waals surface area contributed by atoms with Gasteiger partial charge in [-0.15, -0.1) is 0 Å². The molecular formula is C24H22N6O4S. The third-order valence-corrected chi connectivity index (χ3v) is 7.53. The number of para-hydroxylation sites is 1. The van der Waals surface area contributed by atoms with Crippen LogP contribution in [0.2, 0.25) is 0 Å². The summed E-state index contributed by atoms with van der Waals surface area (Å²) in [5, 5.41) is 5.42. The smallest absolute Gasteiger partial charge is 0.289 e. The van der Waals surface area contributed by atoms with Crippen LogP contribution >= 0.6 is 11.8 Å². The summed E-state index contributed by atoms with van der Waals surface area (Å²) in [5.41, 5.74) is 1.17. The quantitative estimate of drug-likeness (QED) is 0.404. The van der Waals surface area contributed by atoms with E-state index in [-0.39, 0.29) is 29.8 Å². The maximum absolute atomic E-state index is 13.3. The van der Waals surface area contributed by atoms with Crippen molar-refractivity contribution in [3.8, 4) is 5.69 Å². The molecule has 1 aromatic carbocycles. The molecule has 0 N–H and O–H groups in total. The summed E-state index contributed by atoms with van der Waals surface area (Å²) in [6, 6.07) is 12.6. The van der Waals surface area contributed by atoms with Gasteiger partial charge in [0.15, 0.2) is 16.6 Å². The number of hydrogen-bond donors (Lipinski definition) is 0. The Balaban J connectivity index is 1.17. The van der Waals surface area contributed by atoms with Gasteiger partial charge in [0, 0.05) is 38.4 Å². The predicted octanol–water partition coefficient (Wildman–Crippen LogP) is 2.20. The minimum atomic E-state index is -0.269. The van der Waals surface area contributed by atoms with Crippen LogP contribution in [0.3, 0.4) is 0 Å². The lowest BCUT2D eigenvalue weighted by atomic mass is 10.2. The number of carbonyl (C=O) groups excluding carboxylic acids is 2. The zero-order valence-electron chi connectivity index (χ0n) is 18.7. The van der Waals surface area contributed by atoms with Gasteiger partial charge in [-0.1, -0.05) is 30.0 Å². The Morgan fingerprint density at radius 2 is 1.80 bits per heavy atom. The lowest BCUT2D eigenvalue weighted by molar-refractivity contribution is -0.133. The molecule has 1 unspecified atom stereocenters. The van der Waals surface area contributed by atoms with E-state index in [9.17, 15) is 14.4 Å². The van der Waals surface area contributed by atoms with E-state index >= 15 is 0 Å². The second-order valence-electron chi connectivity index (χ2n) is 8.52. The van der Waals surface area contributed by atoms with Crippen LogP contribution in [0.15, 0.2) is 69.3 Å². The monoisotopic (exact) mass is 490 g/mol. The highest BCUT2D eigenvalue weighted by Gasteiger charge is 2.32. The lowest BCUT2D eigenvalue weighted by Crippen LogP contribution is -2.51. The summed E-state index contributed by atoms with van der Waals surface area (Å²) in [7, 11) is 0. The number of fused-ring (bicyclic) bond motifs is 2. The molecule has 10 nitrogen and oxygen atoms in total. The number of piperazine rings is 1. The van der Waals surface area contributed by atoms with Crippen LogP contribution in [0.5, 0.6) is 0 Å². The van der Waals surface area contributed by atoms with Gasteiger partial charge in [-0.2, -0.15) is 5.10 Å². The molecule has 0 aliphatic carbocycles. The number of nitrogens with zero attached hydrogens (tertiary/aromatic N) is 6. The van der Waals surface area contributed by atoms with Crippen LogP contribution in [-0.4, -0.2) is 72.9 Å². The summed E-state index contributed by atoms with van der Waals surface area (Å²) >= 11 is 1.48. The fourth-order valence-corrected chi connectivity index (χ4v) is 5.72. The van der Waals surface area contributed by atoms with Crippen molar-refractivity contribution in [3.63, 3.8) is 0 Å². The first-order chi connectivity index (χ1) is 17.1. The molecule has 178 valence electrons. The fourth-order valence-electron chi connectivity index (χ4n) is 4.58. The van der Waals surface area contributed by atoms with Crippen LogP contribution < -0.4 is 5.56 Å². The minimum Gasteiger partial charge on any atom is -0.459 e. The van der Waals surface area contributed by atoms with E-state index in [0.717, 1.165) is 5.69 Å². The van der Waals surface area contributed by atoms with Gasteiger partial charge in [0.1, 0.15) is 5.39 Å². The minimum absolute atomic E-state index is 0.0273. The third-order valence-electron chi connectivity index (χ3n) is 6.43. The highest BCUT2D eigenvalue weighted by molar-refractivity contribution is 7.99. The molecule has 2 amide bonds. The van der Waals surface area contributed by atoms with E-state index in [0.29, 0.717) is 53.9 Å². The van der Waals surface area contributed by atoms with E-state index in [2.05, 4.69) is 5.10 Å². The highest BCUT2D eigenvalue weighted by atomic mass is 32.2. The van der Waals surface area contributed by atoms with Crippen molar-refractivity contribution in [1.29, 1.82) is 0 Å². The molecule has 3 aromatic heterocycles. The Morgan fingerprint density at radius 1 is 1.03 bits per heavy atom. The summed E-state index contributed by atoms with van der Waals surface area (Å²) in [6.45, 7) is 1.80. The maximum Gasteiger partial charge on any atom is 0.289 e. The van der Waals surface area contributed by atoms with Crippen LogP contribution in [0.4, 0.5) is 0 Å². The van der Waals surface area contributed by atoms with Gasteiger partial charge in [0.25, 0.3) is 11.5 Å². The summed E-state index contributed by atoms with van der Waals surface area (Å²) in [6.07, 6.45) is 3.23. The van der Waals surface area contributed by atoms with Crippen molar-refractivity contribution in [2.45, 2.75) is 17.6 Å².